The van der Waals surface area contributed by atoms with Crippen molar-refractivity contribution in [2.24, 2.45) is 0 Å². The van der Waals surface area contributed by atoms with Gasteiger partial charge in [0.25, 0.3) is 0 Å². The minimum absolute atomic E-state index is 0.251. The summed E-state index contributed by atoms with van der Waals surface area (Å²) in [6, 6.07) is 5.85. The van der Waals surface area contributed by atoms with Gasteiger partial charge in [-0.15, -0.1) is 0 Å². The first kappa shape index (κ1) is 15.8. The first-order valence-electron chi connectivity index (χ1n) is 7.07. The maximum absolute atomic E-state index is 6.01. The number of aromatic nitrogens is 2. The number of ether oxygens (including phenoxy) is 1. The molecule has 2 heterocycles. The predicted octanol–water partition coefficient (Wildman–Crippen LogP) is 3.69. The van der Waals surface area contributed by atoms with Crippen LogP contribution in [0.2, 0.25) is 5.15 Å². The van der Waals surface area contributed by atoms with E-state index in [0.29, 0.717) is 24.2 Å². The van der Waals surface area contributed by atoms with E-state index in [1.165, 1.54) is 0 Å². The molecule has 114 valence electrons. The van der Waals surface area contributed by atoms with Crippen molar-refractivity contribution < 1.29 is 9.15 Å². The first-order chi connectivity index (χ1) is 10.2. The highest BCUT2D eigenvalue weighted by Crippen LogP contribution is 2.15. The molecule has 0 aliphatic rings. The summed E-state index contributed by atoms with van der Waals surface area (Å²) in [6.07, 6.45) is 3.51. The number of furan rings is 1. The summed E-state index contributed by atoms with van der Waals surface area (Å²) in [5.41, 5.74) is 0. The molecule has 1 atom stereocenters. The van der Waals surface area contributed by atoms with Crippen molar-refractivity contribution in [3.8, 4) is 0 Å². The molecule has 1 unspecified atom stereocenters. The molecule has 2 aromatic rings. The number of hydrogen-bond acceptors (Lipinski definition) is 5. The highest BCUT2D eigenvalue weighted by molar-refractivity contribution is 6.29. The van der Waals surface area contributed by atoms with Gasteiger partial charge in [-0.25, -0.2) is 9.97 Å². The van der Waals surface area contributed by atoms with Crippen molar-refractivity contribution in [1.29, 1.82) is 0 Å². The lowest BCUT2D eigenvalue weighted by Crippen LogP contribution is -2.17. The zero-order valence-electron chi connectivity index (χ0n) is 12.3. The summed E-state index contributed by atoms with van der Waals surface area (Å²) in [5.74, 6) is 2.29. The maximum atomic E-state index is 6.01. The fourth-order valence-corrected chi connectivity index (χ4v) is 2.14. The van der Waals surface area contributed by atoms with Gasteiger partial charge in [0.2, 0.25) is 0 Å². The monoisotopic (exact) mass is 309 g/mol. The van der Waals surface area contributed by atoms with Gasteiger partial charge >= 0.3 is 0 Å². The topological polar surface area (TPSA) is 60.2 Å². The minimum atomic E-state index is 0.251. The Balaban J connectivity index is 1.90. The van der Waals surface area contributed by atoms with Gasteiger partial charge in [-0.3, -0.25) is 0 Å². The molecule has 0 bridgehead atoms. The number of nitrogens with zero attached hydrogens (tertiary/aromatic N) is 2. The van der Waals surface area contributed by atoms with Crippen LogP contribution in [0.4, 0.5) is 5.82 Å². The standard InChI is InChI=1S/C15H20ClN3O2/c1-3-20-10-15-18-13(16)9-14(19-15)17-11(2)6-7-12-5-4-8-21-12/h4-5,8-9,11H,3,6-7,10H2,1-2H3,(H,17,18,19). The average molecular weight is 310 g/mol. The van der Waals surface area contributed by atoms with E-state index in [2.05, 4.69) is 22.2 Å². The van der Waals surface area contributed by atoms with Crippen molar-refractivity contribution in [3.05, 3.63) is 41.2 Å². The SMILES string of the molecule is CCOCc1nc(Cl)cc(NC(C)CCc2ccco2)n1. The van der Waals surface area contributed by atoms with Crippen LogP contribution in [0.25, 0.3) is 0 Å². The number of aryl methyl sites for hydroxylation is 1. The Morgan fingerprint density at radius 3 is 3.00 bits per heavy atom. The Morgan fingerprint density at radius 1 is 1.43 bits per heavy atom. The molecule has 0 radical (unpaired) electrons. The van der Waals surface area contributed by atoms with Crippen molar-refractivity contribution in [2.45, 2.75) is 39.3 Å². The molecule has 21 heavy (non-hydrogen) atoms. The van der Waals surface area contributed by atoms with Gasteiger partial charge in [0.15, 0.2) is 5.82 Å². The molecular formula is C15H20ClN3O2. The molecule has 1 N–H and O–H groups in total. The van der Waals surface area contributed by atoms with Crippen molar-refractivity contribution in [2.75, 3.05) is 11.9 Å². The number of rotatable bonds is 8. The molecule has 0 saturated heterocycles. The fourth-order valence-electron chi connectivity index (χ4n) is 1.93. The van der Waals surface area contributed by atoms with Gasteiger partial charge in [-0.1, -0.05) is 11.6 Å². The Kier molecular flexibility index (Phi) is 6.02. The predicted molar refractivity (Wildman–Crippen MR) is 82.5 cm³/mol. The van der Waals surface area contributed by atoms with E-state index in [1.54, 1.807) is 12.3 Å². The molecule has 6 heteroatoms. The van der Waals surface area contributed by atoms with Crippen LogP contribution in [-0.4, -0.2) is 22.6 Å². The summed E-state index contributed by atoms with van der Waals surface area (Å²) in [4.78, 5) is 8.54. The molecule has 0 fully saturated rings. The lowest BCUT2D eigenvalue weighted by molar-refractivity contribution is 0.128. The molecule has 0 aliphatic carbocycles. The molecule has 0 spiro atoms. The number of halogens is 1. The van der Waals surface area contributed by atoms with Crippen molar-refractivity contribution >= 4 is 17.4 Å². The highest BCUT2D eigenvalue weighted by Gasteiger charge is 2.08. The summed E-state index contributed by atoms with van der Waals surface area (Å²) >= 11 is 6.01. The van der Waals surface area contributed by atoms with Crippen LogP contribution in [0.5, 0.6) is 0 Å². The Hall–Kier alpha value is -1.59. The molecule has 0 amide bonds. The van der Waals surface area contributed by atoms with Gasteiger partial charge in [0.1, 0.15) is 23.3 Å². The van der Waals surface area contributed by atoms with E-state index < -0.39 is 0 Å². The zero-order chi connectivity index (χ0) is 15.1. The smallest absolute Gasteiger partial charge is 0.158 e. The molecule has 0 aromatic carbocycles. The van der Waals surface area contributed by atoms with Crippen molar-refractivity contribution in [1.82, 2.24) is 9.97 Å². The third kappa shape index (κ3) is 5.36. The van der Waals surface area contributed by atoms with Crippen LogP contribution < -0.4 is 5.32 Å². The summed E-state index contributed by atoms with van der Waals surface area (Å²) in [5, 5.41) is 3.75. The molecule has 0 aliphatic heterocycles. The van der Waals surface area contributed by atoms with Crippen LogP contribution in [0.1, 0.15) is 31.9 Å². The van der Waals surface area contributed by atoms with Gasteiger partial charge in [-0.2, -0.15) is 0 Å². The molecule has 2 rings (SSSR count). The van der Waals surface area contributed by atoms with E-state index in [4.69, 9.17) is 20.8 Å². The average Bonchev–Trinajstić information content (AvgIpc) is 2.95. The second-order valence-electron chi connectivity index (χ2n) is 4.79. The van der Waals surface area contributed by atoms with E-state index in [-0.39, 0.29) is 6.04 Å². The molecule has 0 saturated carbocycles. The van der Waals surface area contributed by atoms with Crippen LogP contribution >= 0.6 is 11.6 Å². The third-order valence-electron chi connectivity index (χ3n) is 2.97. The van der Waals surface area contributed by atoms with Crippen LogP contribution in [0.15, 0.2) is 28.9 Å². The highest BCUT2D eigenvalue weighted by atomic mass is 35.5. The van der Waals surface area contributed by atoms with E-state index in [1.807, 2.05) is 19.1 Å². The lowest BCUT2D eigenvalue weighted by Gasteiger charge is -2.14. The van der Waals surface area contributed by atoms with Crippen LogP contribution in [-0.2, 0) is 17.8 Å². The minimum Gasteiger partial charge on any atom is -0.469 e. The Bertz CT molecular complexity index is 546. The van der Waals surface area contributed by atoms with Gasteiger partial charge < -0.3 is 14.5 Å². The number of anilines is 1. The zero-order valence-corrected chi connectivity index (χ0v) is 13.1. The van der Waals surface area contributed by atoms with Gasteiger partial charge in [-0.05, 0) is 32.4 Å². The van der Waals surface area contributed by atoms with Gasteiger partial charge in [0.05, 0.1) is 6.26 Å². The number of hydrogen-bond donors (Lipinski definition) is 1. The molecule has 5 nitrogen and oxygen atoms in total. The summed E-state index contributed by atoms with van der Waals surface area (Å²) in [6.45, 7) is 5.02. The molecular weight excluding hydrogens is 290 g/mol. The summed E-state index contributed by atoms with van der Waals surface area (Å²) < 4.78 is 10.6. The largest absolute Gasteiger partial charge is 0.469 e. The second-order valence-corrected chi connectivity index (χ2v) is 5.18. The van der Waals surface area contributed by atoms with Crippen molar-refractivity contribution in [3.63, 3.8) is 0 Å². The normalized spacial score (nSPS) is 12.3. The fraction of sp³-hybridized carbons (Fsp3) is 0.467. The Labute approximate surface area is 129 Å². The van der Waals surface area contributed by atoms with E-state index in [0.717, 1.165) is 24.4 Å². The maximum Gasteiger partial charge on any atom is 0.158 e. The van der Waals surface area contributed by atoms with Gasteiger partial charge in [0, 0.05) is 25.1 Å². The van der Waals surface area contributed by atoms with Crippen LogP contribution in [0.3, 0.4) is 0 Å². The second kappa shape index (κ2) is 8.00. The third-order valence-corrected chi connectivity index (χ3v) is 3.17. The van der Waals surface area contributed by atoms with Crippen LogP contribution in [0, 0.1) is 0 Å². The molecule has 2 aromatic heterocycles. The summed E-state index contributed by atoms with van der Waals surface area (Å²) in [7, 11) is 0. The van der Waals surface area contributed by atoms with E-state index >= 15 is 0 Å². The Morgan fingerprint density at radius 2 is 2.29 bits per heavy atom. The first-order valence-corrected chi connectivity index (χ1v) is 7.45. The van der Waals surface area contributed by atoms with E-state index in [9.17, 15) is 0 Å². The lowest BCUT2D eigenvalue weighted by atomic mass is 10.1. The quantitative estimate of drug-likeness (QED) is 0.754. The number of nitrogens with one attached hydrogen (secondary N) is 1.